The van der Waals surface area contributed by atoms with Crippen LogP contribution in [0.3, 0.4) is 0 Å². The van der Waals surface area contributed by atoms with Crippen molar-refractivity contribution in [2.45, 2.75) is 26.3 Å². The lowest BCUT2D eigenvalue weighted by Crippen LogP contribution is -2.13. The van der Waals surface area contributed by atoms with Crippen molar-refractivity contribution >= 4 is 34.7 Å². The third kappa shape index (κ3) is 3.26. The van der Waals surface area contributed by atoms with Crippen molar-refractivity contribution in [2.75, 3.05) is 5.32 Å². The Morgan fingerprint density at radius 1 is 1.50 bits per heavy atom. The predicted molar refractivity (Wildman–Crippen MR) is 81.3 cm³/mol. The summed E-state index contributed by atoms with van der Waals surface area (Å²) in [6, 6.07) is 1.50. The number of amides is 1. The van der Waals surface area contributed by atoms with Crippen LogP contribution in [0.4, 0.5) is 5.82 Å². The number of hydrogen-bond acceptors (Lipinski definition) is 5. The van der Waals surface area contributed by atoms with Gasteiger partial charge in [-0.15, -0.1) is 11.3 Å². The van der Waals surface area contributed by atoms with E-state index < -0.39 is 5.91 Å². The van der Waals surface area contributed by atoms with E-state index in [-0.39, 0.29) is 11.6 Å². The lowest BCUT2D eigenvalue weighted by Gasteiger charge is -2.13. The monoisotopic (exact) mass is 310 g/mol. The number of carbonyl (C=O) groups excluding carboxylic acids is 1. The van der Waals surface area contributed by atoms with Crippen molar-refractivity contribution in [3.63, 3.8) is 0 Å². The number of aromatic nitrogens is 2. The van der Waals surface area contributed by atoms with E-state index in [4.69, 9.17) is 17.3 Å². The summed E-state index contributed by atoms with van der Waals surface area (Å²) in [5, 5.41) is 4.52. The fraction of sp³-hybridized carbons (Fsp3) is 0.308. The van der Waals surface area contributed by atoms with Gasteiger partial charge in [-0.2, -0.15) is 0 Å². The Bertz CT molecular complexity index is 629. The van der Waals surface area contributed by atoms with Gasteiger partial charge in [-0.05, 0) is 19.4 Å². The summed E-state index contributed by atoms with van der Waals surface area (Å²) in [4.78, 5) is 20.8. The van der Waals surface area contributed by atoms with Crippen LogP contribution >= 0.6 is 22.9 Å². The first kappa shape index (κ1) is 14.7. The molecule has 1 atom stereocenters. The molecule has 20 heavy (non-hydrogen) atoms. The number of pyridine rings is 1. The van der Waals surface area contributed by atoms with Gasteiger partial charge in [0.05, 0.1) is 16.6 Å². The number of hydrogen-bond donors (Lipinski definition) is 2. The van der Waals surface area contributed by atoms with E-state index in [0.717, 1.165) is 11.4 Å². The average Bonchev–Trinajstić information content (AvgIpc) is 2.89. The molecule has 0 aliphatic carbocycles. The molecule has 2 aromatic rings. The molecule has 0 aliphatic rings. The van der Waals surface area contributed by atoms with Crippen molar-refractivity contribution in [2.24, 2.45) is 5.73 Å². The number of nitrogens with two attached hydrogens (primary N) is 1. The van der Waals surface area contributed by atoms with Crippen LogP contribution in [0.5, 0.6) is 0 Å². The molecular formula is C13H15ClN4OS. The van der Waals surface area contributed by atoms with Gasteiger partial charge in [-0.1, -0.05) is 18.5 Å². The second-order valence-electron chi connectivity index (χ2n) is 4.30. The predicted octanol–water partition coefficient (Wildman–Crippen LogP) is 3.03. The van der Waals surface area contributed by atoms with Crippen LogP contribution in [-0.2, 0) is 6.42 Å². The van der Waals surface area contributed by atoms with E-state index in [0.29, 0.717) is 10.8 Å². The van der Waals surface area contributed by atoms with Crippen molar-refractivity contribution in [1.29, 1.82) is 0 Å². The van der Waals surface area contributed by atoms with Crippen LogP contribution < -0.4 is 11.1 Å². The quantitative estimate of drug-likeness (QED) is 0.889. The highest BCUT2D eigenvalue weighted by Crippen LogP contribution is 2.27. The summed E-state index contributed by atoms with van der Waals surface area (Å²) in [7, 11) is 0. The minimum atomic E-state index is -0.550. The third-order valence-corrected chi connectivity index (χ3v) is 4.38. The zero-order valence-corrected chi connectivity index (χ0v) is 12.8. The van der Waals surface area contributed by atoms with E-state index >= 15 is 0 Å². The molecule has 0 aromatic carbocycles. The van der Waals surface area contributed by atoms with Gasteiger partial charge in [0, 0.05) is 17.3 Å². The van der Waals surface area contributed by atoms with Crippen molar-refractivity contribution in [3.8, 4) is 0 Å². The van der Waals surface area contributed by atoms with Crippen LogP contribution in [0.2, 0.25) is 5.02 Å². The molecule has 1 amide bonds. The van der Waals surface area contributed by atoms with Crippen LogP contribution in [0.25, 0.3) is 0 Å². The minimum absolute atomic E-state index is 0.00951. The number of halogens is 1. The summed E-state index contributed by atoms with van der Waals surface area (Å²) in [6.45, 7) is 4.08. The Morgan fingerprint density at radius 3 is 2.80 bits per heavy atom. The van der Waals surface area contributed by atoms with Crippen molar-refractivity contribution in [1.82, 2.24) is 9.97 Å². The van der Waals surface area contributed by atoms with Crippen LogP contribution in [0, 0.1) is 0 Å². The standard InChI is InChI=1S/C13H15ClN4OS/c1-3-9-6-17-13(20-9)7(2)18-12-10(14)4-8(5-16-12)11(15)19/h4-7H,3H2,1-2H3,(H2,15,19)(H,16,18). The molecule has 0 radical (unpaired) electrons. The van der Waals surface area contributed by atoms with Gasteiger partial charge in [-0.25, -0.2) is 9.97 Å². The van der Waals surface area contributed by atoms with E-state index in [1.54, 1.807) is 11.3 Å². The van der Waals surface area contributed by atoms with E-state index in [1.807, 2.05) is 13.1 Å². The largest absolute Gasteiger partial charge is 0.366 e. The molecule has 0 saturated carbocycles. The van der Waals surface area contributed by atoms with Gasteiger partial charge in [-0.3, -0.25) is 4.79 Å². The zero-order valence-electron chi connectivity index (χ0n) is 11.2. The lowest BCUT2D eigenvalue weighted by atomic mass is 10.2. The maximum Gasteiger partial charge on any atom is 0.250 e. The molecule has 0 spiro atoms. The normalized spacial score (nSPS) is 12.2. The molecule has 0 bridgehead atoms. The second kappa shape index (κ2) is 6.19. The number of rotatable bonds is 5. The molecule has 106 valence electrons. The summed E-state index contributed by atoms with van der Waals surface area (Å²) >= 11 is 7.74. The van der Waals surface area contributed by atoms with Gasteiger partial charge < -0.3 is 11.1 Å². The Hall–Kier alpha value is -1.66. The van der Waals surface area contributed by atoms with E-state index in [1.165, 1.54) is 17.1 Å². The van der Waals surface area contributed by atoms with Crippen LogP contribution in [0.1, 0.15) is 40.1 Å². The summed E-state index contributed by atoms with van der Waals surface area (Å²) in [5.74, 6) is -0.0380. The number of anilines is 1. The third-order valence-electron chi connectivity index (χ3n) is 2.77. The van der Waals surface area contributed by atoms with Gasteiger partial charge in [0.1, 0.15) is 10.8 Å². The molecule has 0 fully saturated rings. The number of nitrogens with one attached hydrogen (secondary N) is 1. The summed E-state index contributed by atoms with van der Waals surface area (Å²) < 4.78 is 0. The Balaban J connectivity index is 2.15. The fourth-order valence-corrected chi connectivity index (χ4v) is 2.71. The molecule has 5 nitrogen and oxygen atoms in total. The minimum Gasteiger partial charge on any atom is -0.366 e. The average molecular weight is 311 g/mol. The van der Waals surface area contributed by atoms with Gasteiger partial charge in [0.25, 0.3) is 0 Å². The first-order valence-corrected chi connectivity index (χ1v) is 7.37. The molecular weight excluding hydrogens is 296 g/mol. The van der Waals surface area contributed by atoms with E-state index in [9.17, 15) is 4.79 Å². The smallest absolute Gasteiger partial charge is 0.250 e. The number of nitrogens with zero attached hydrogens (tertiary/aromatic N) is 2. The SMILES string of the molecule is CCc1cnc(C(C)Nc2ncc(C(N)=O)cc2Cl)s1. The lowest BCUT2D eigenvalue weighted by molar-refractivity contribution is 0.1000. The highest BCUT2D eigenvalue weighted by atomic mass is 35.5. The molecule has 1 unspecified atom stereocenters. The Labute approximate surface area is 126 Å². The second-order valence-corrected chi connectivity index (χ2v) is 5.86. The zero-order chi connectivity index (χ0) is 14.7. The molecule has 0 saturated heterocycles. The first-order valence-electron chi connectivity index (χ1n) is 6.17. The van der Waals surface area contributed by atoms with Gasteiger partial charge >= 0.3 is 0 Å². The molecule has 2 rings (SSSR count). The van der Waals surface area contributed by atoms with Crippen LogP contribution in [-0.4, -0.2) is 15.9 Å². The molecule has 7 heteroatoms. The highest BCUT2D eigenvalue weighted by molar-refractivity contribution is 7.11. The summed E-state index contributed by atoms with van der Waals surface area (Å²) in [6.07, 6.45) is 4.25. The molecule has 2 heterocycles. The number of thiazole rings is 1. The topological polar surface area (TPSA) is 80.9 Å². The number of aryl methyl sites for hydroxylation is 1. The van der Waals surface area contributed by atoms with Gasteiger partial charge in [0.2, 0.25) is 5.91 Å². The summed E-state index contributed by atoms with van der Waals surface area (Å²) in [5.41, 5.74) is 5.46. The van der Waals surface area contributed by atoms with Crippen molar-refractivity contribution < 1.29 is 4.79 Å². The number of primary amides is 1. The first-order chi connectivity index (χ1) is 9.51. The van der Waals surface area contributed by atoms with Crippen molar-refractivity contribution in [3.05, 3.63) is 38.9 Å². The molecule has 2 aromatic heterocycles. The maximum absolute atomic E-state index is 11.0. The van der Waals surface area contributed by atoms with Gasteiger partial charge in [0.15, 0.2) is 0 Å². The van der Waals surface area contributed by atoms with Crippen LogP contribution in [0.15, 0.2) is 18.5 Å². The maximum atomic E-state index is 11.0. The number of carbonyl (C=O) groups is 1. The Morgan fingerprint density at radius 2 is 2.25 bits per heavy atom. The fourth-order valence-electron chi connectivity index (χ4n) is 1.63. The molecule has 3 N–H and O–H groups in total. The highest BCUT2D eigenvalue weighted by Gasteiger charge is 2.13. The molecule has 0 aliphatic heterocycles. The van der Waals surface area contributed by atoms with E-state index in [2.05, 4.69) is 22.2 Å². The Kier molecular flexibility index (Phi) is 4.57.